The number of hydrogen-bond donors (Lipinski definition) is 4. The number of benzene rings is 2. The van der Waals surface area contributed by atoms with Gasteiger partial charge in [-0.05, 0) is 95.0 Å². The summed E-state index contributed by atoms with van der Waals surface area (Å²) in [6.45, 7) is 8.61. The van der Waals surface area contributed by atoms with Crippen molar-refractivity contribution in [2.24, 2.45) is 0 Å². The minimum Gasteiger partial charge on any atom is -0.389 e. The molecule has 0 unspecified atom stereocenters. The number of likely N-dealkylation sites (tertiary alicyclic amines) is 2. The van der Waals surface area contributed by atoms with E-state index in [1.807, 2.05) is 67.4 Å². The number of halogens is 2. The van der Waals surface area contributed by atoms with Crippen LogP contribution in [-0.2, 0) is 35.8 Å². The lowest BCUT2D eigenvalue weighted by Crippen LogP contribution is -2.58. The molecule has 20 nitrogen and oxygen atoms in total. The van der Waals surface area contributed by atoms with Crippen molar-refractivity contribution in [3.05, 3.63) is 133 Å². The van der Waals surface area contributed by atoms with Gasteiger partial charge in [-0.2, -0.15) is 10.2 Å². The summed E-state index contributed by atoms with van der Waals surface area (Å²) in [4.78, 5) is 48.8. The van der Waals surface area contributed by atoms with Gasteiger partial charge in [0.05, 0.1) is 60.5 Å². The Kier molecular flexibility index (Phi) is 15.4. The van der Waals surface area contributed by atoms with E-state index < -0.39 is 23.4 Å². The number of β-amino-alcohol motifs (C(OH)–C–C–N with tert-alkyl or cyclic N) is 2. The first-order valence-electron chi connectivity index (χ1n) is 26.0. The minimum atomic E-state index is -1.35. The maximum absolute atomic E-state index is 15.2. The summed E-state index contributed by atoms with van der Waals surface area (Å²) < 4.78 is 37.1. The molecule has 4 N–H and O–H groups in total. The lowest BCUT2D eigenvalue weighted by molar-refractivity contribution is -0.134. The highest BCUT2D eigenvalue weighted by Crippen LogP contribution is 2.37. The van der Waals surface area contributed by atoms with Crippen LogP contribution in [0, 0.1) is 11.6 Å². The van der Waals surface area contributed by atoms with Gasteiger partial charge in [-0.15, -0.1) is 0 Å². The van der Waals surface area contributed by atoms with Gasteiger partial charge in [-0.1, -0.05) is 12.1 Å². The van der Waals surface area contributed by atoms with Crippen molar-refractivity contribution in [3.8, 4) is 11.4 Å². The fourth-order valence-corrected chi connectivity index (χ4v) is 10.6. The molecule has 8 heterocycles. The number of anilines is 2. The van der Waals surface area contributed by atoms with E-state index in [9.17, 15) is 30.0 Å². The molecule has 1 saturated carbocycles. The molecule has 2 saturated heterocycles. The number of aromatic nitrogens is 10. The highest BCUT2D eigenvalue weighted by Gasteiger charge is 2.43. The topological polar surface area (TPSA) is 225 Å². The quantitative estimate of drug-likeness (QED) is 0.0930. The number of carbonyl (C=O) groups is 2. The molecular formula is C55H64F2N14O6. The van der Waals surface area contributed by atoms with Crippen LogP contribution in [0.1, 0.15) is 57.6 Å². The lowest BCUT2D eigenvalue weighted by atomic mass is 9.88. The molecule has 404 valence electrons. The van der Waals surface area contributed by atoms with Crippen molar-refractivity contribution < 1.29 is 38.8 Å². The second-order valence-corrected chi connectivity index (χ2v) is 20.7. The van der Waals surface area contributed by atoms with E-state index in [2.05, 4.69) is 35.0 Å². The Hall–Kier alpha value is -7.34. The number of ketones is 2. The molecule has 0 radical (unpaired) electrons. The molecule has 0 amide bonds. The van der Waals surface area contributed by atoms with Crippen molar-refractivity contribution in [3.63, 3.8) is 0 Å². The lowest BCUT2D eigenvalue weighted by Gasteiger charge is -2.42. The SMILES string of the molecule is CC(=O)CN1CC[C@@](O)(Cn2ccc3c(N(Cc4ccc(-n5cccn5)cc4F)C4CC4)ncnc32)[C@H](O)C1.CCN(Cc1ccc(-n2cccn2)cc1F)c1ncnc2c1ccn2C[C@]1(O)CCN(CC(C)=O)C[C@H]1O. The summed E-state index contributed by atoms with van der Waals surface area (Å²) in [6, 6.07) is 17.8. The maximum atomic E-state index is 15.2. The van der Waals surface area contributed by atoms with Gasteiger partial charge in [0.2, 0.25) is 0 Å². The summed E-state index contributed by atoms with van der Waals surface area (Å²) in [5.41, 5.74) is 0.971. The van der Waals surface area contributed by atoms with E-state index in [1.54, 1.807) is 58.4 Å². The van der Waals surface area contributed by atoms with Gasteiger partial charge in [0, 0.05) is 100 Å². The van der Waals surface area contributed by atoms with E-state index in [0.717, 1.165) is 29.4 Å². The highest BCUT2D eigenvalue weighted by atomic mass is 19.1. The first-order chi connectivity index (χ1) is 37.1. The monoisotopic (exact) mass is 1050 g/mol. The van der Waals surface area contributed by atoms with Crippen LogP contribution in [0.2, 0.25) is 0 Å². The molecule has 0 bridgehead atoms. The molecule has 2 aromatic carbocycles. The van der Waals surface area contributed by atoms with Gasteiger partial charge in [-0.3, -0.25) is 19.4 Å². The number of rotatable bonds is 18. The Morgan fingerprint density at radius 1 is 0.662 bits per heavy atom. The fourth-order valence-electron chi connectivity index (χ4n) is 10.6. The summed E-state index contributed by atoms with van der Waals surface area (Å²) in [6.07, 6.45) is 14.1. The van der Waals surface area contributed by atoms with Crippen molar-refractivity contribution in [1.29, 1.82) is 0 Å². The van der Waals surface area contributed by atoms with Crippen LogP contribution in [0.3, 0.4) is 0 Å². The van der Waals surface area contributed by atoms with Crippen molar-refractivity contribution in [2.45, 2.75) is 102 Å². The van der Waals surface area contributed by atoms with Crippen LogP contribution in [-0.4, -0.2) is 166 Å². The molecule has 6 aromatic heterocycles. The third kappa shape index (κ3) is 11.7. The zero-order valence-electron chi connectivity index (χ0n) is 43.4. The summed E-state index contributed by atoms with van der Waals surface area (Å²) in [7, 11) is 0. The van der Waals surface area contributed by atoms with Crippen molar-refractivity contribution >= 4 is 45.3 Å². The zero-order chi connectivity index (χ0) is 54.0. The highest BCUT2D eigenvalue weighted by molar-refractivity contribution is 5.89. The van der Waals surface area contributed by atoms with Crippen LogP contribution in [0.25, 0.3) is 33.4 Å². The summed E-state index contributed by atoms with van der Waals surface area (Å²) >= 11 is 0. The minimum absolute atomic E-state index is 0.0254. The predicted molar refractivity (Wildman–Crippen MR) is 283 cm³/mol. The average molecular weight is 1060 g/mol. The zero-order valence-corrected chi connectivity index (χ0v) is 43.4. The third-order valence-electron chi connectivity index (χ3n) is 14.9. The molecule has 3 fully saturated rings. The van der Waals surface area contributed by atoms with Gasteiger partial charge < -0.3 is 39.4 Å². The van der Waals surface area contributed by atoms with E-state index in [4.69, 9.17) is 0 Å². The van der Waals surface area contributed by atoms with Gasteiger partial charge in [0.1, 0.15) is 70.0 Å². The standard InChI is InChI=1S/C28H32FN7O3.C27H32FN7O3/c1-19(37)14-33-12-8-28(39,25(38)16-33)17-34-11-7-23-26(34)30-18-31-27(23)35(21-5-6-21)15-20-3-4-22(13-24(20)29)36-10-2-9-32-36;1-3-33(15-20-5-6-21(13-23(20)28)35-10-4-9-31-35)25-22-7-11-34(26(22)30-18-29-25)17-27(38)8-12-32(14-19(2)36)16-24(27)37/h2-4,7,9-11,13,18,21,25,38-39H,5-6,8,12,14-17H2,1H3;4-7,9-11,13,18,24,37-38H,3,8,12,14-17H2,1-2H3/t25-,28-;24-,27-/m11/s1. The molecule has 2 aliphatic heterocycles. The molecular weight excluding hydrogens is 991 g/mol. The van der Waals surface area contributed by atoms with Crippen molar-refractivity contribution in [1.82, 2.24) is 58.4 Å². The number of nitrogens with zero attached hydrogens (tertiary/aromatic N) is 14. The molecule has 22 heteroatoms. The maximum Gasteiger partial charge on any atom is 0.145 e. The van der Waals surface area contributed by atoms with Crippen molar-refractivity contribution in [2.75, 3.05) is 55.6 Å². The molecule has 8 aromatic rings. The van der Waals surface area contributed by atoms with E-state index in [-0.39, 0.29) is 68.5 Å². The van der Waals surface area contributed by atoms with Gasteiger partial charge >= 0.3 is 0 Å². The van der Waals surface area contributed by atoms with E-state index >= 15 is 8.78 Å². The van der Waals surface area contributed by atoms with Gasteiger partial charge in [-0.25, -0.2) is 38.1 Å². The number of aliphatic hydroxyl groups excluding tert-OH is 2. The van der Waals surface area contributed by atoms with E-state index in [0.29, 0.717) is 85.2 Å². The van der Waals surface area contributed by atoms with Crippen LogP contribution in [0.15, 0.2) is 110 Å². The normalized spacial score (nSPS) is 21.1. The molecule has 4 atom stereocenters. The fraction of sp³-hybridized carbons (Fsp3) is 0.418. The largest absolute Gasteiger partial charge is 0.389 e. The van der Waals surface area contributed by atoms with Crippen LogP contribution in [0.4, 0.5) is 20.4 Å². The molecule has 1 aliphatic carbocycles. The number of Topliss-reactive ketones (excluding diaryl/α,β-unsaturated/α-hetero) is 2. The van der Waals surface area contributed by atoms with Crippen LogP contribution >= 0.6 is 0 Å². The summed E-state index contributed by atoms with van der Waals surface area (Å²) in [5.74, 6) is 0.812. The number of carbonyl (C=O) groups excluding carboxylic acids is 2. The second kappa shape index (κ2) is 22.3. The second-order valence-electron chi connectivity index (χ2n) is 20.7. The summed E-state index contributed by atoms with van der Waals surface area (Å²) in [5, 5.41) is 54.0. The Bertz CT molecular complexity index is 3350. The first kappa shape index (κ1) is 53.1. The molecule has 11 rings (SSSR count). The van der Waals surface area contributed by atoms with Crippen LogP contribution in [0.5, 0.6) is 0 Å². The smallest absolute Gasteiger partial charge is 0.145 e. The third-order valence-corrected chi connectivity index (χ3v) is 14.9. The predicted octanol–water partition coefficient (Wildman–Crippen LogP) is 4.48. The Balaban J connectivity index is 0.000000175. The van der Waals surface area contributed by atoms with E-state index in [1.165, 1.54) is 38.6 Å². The van der Waals surface area contributed by atoms with Crippen LogP contribution < -0.4 is 9.80 Å². The number of fused-ring (bicyclic) bond motifs is 2. The average Bonchev–Trinajstić information content (AvgIpc) is 3.84. The number of hydrogen-bond acceptors (Lipinski definition) is 16. The number of piperidine rings is 2. The van der Waals surface area contributed by atoms with Gasteiger partial charge in [0.25, 0.3) is 0 Å². The Labute approximate surface area is 443 Å². The molecule has 3 aliphatic rings. The Morgan fingerprint density at radius 3 is 1.57 bits per heavy atom. The first-order valence-corrected chi connectivity index (χ1v) is 26.0. The molecule has 77 heavy (non-hydrogen) atoms. The number of aliphatic hydroxyl groups is 4. The Morgan fingerprint density at radius 2 is 1.14 bits per heavy atom. The van der Waals surface area contributed by atoms with Gasteiger partial charge in [0.15, 0.2) is 0 Å². The molecule has 0 spiro atoms.